The van der Waals surface area contributed by atoms with Crippen LogP contribution in [0.1, 0.15) is 49.1 Å². The number of benzene rings is 1. The second-order valence-corrected chi connectivity index (χ2v) is 7.08. The number of carbonyl (C=O) groups excluding carboxylic acids is 1. The number of methoxy groups -OCH3 is 1. The van der Waals surface area contributed by atoms with Gasteiger partial charge in [-0.25, -0.2) is 4.98 Å². The van der Waals surface area contributed by atoms with Crippen LogP contribution in [0.4, 0.5) is 0 Å². The molecule has 2 rings (SSSR count). The number of carbonyl (C=O) groups is 1. The highest BCUT2D eigenvalue weighted by molar-refractivity contribution is 7.09. The first-order valence-corrected chi connectivity index (χ1v) is 8.92. The molecule has 0 saturated carbocycles. The number of nitrogens with zero attached hydrogens (tertiary/aromatic N) is 1. The summed E-state index contributed by atoms with van der Waals surface area (Å²) in [6.07, 6.45) is 0.266. The van der Waals surface area contributed by atoms with Gasteiger partial charge < -0.3 is 15.8 Å². The van der Waals surface area contributed by atoms with Crippen molar-refractivity contribution in [1.82, 2.24) is 10.3 Å². The molecule has 0 aliphatic carbocycles. The molecule has 24 heavy (non-hydrogen) atoms. The van der Waals surface area contributed by atoms with Gasteiger partial charge >= 0.3 is 0 Å². The van der Waals surface area contributed by atoms with Gasteiger partial charge in [0.1, 0.15) is 10.8 Å². The Morgan fingerprint density at radius 3 is 2.54 bits per heavy atom. The molecule has 0 saturated heterocycles. The van der Waals surface area contributed by atoms with E-state index < -0.39 is 0 Å². The van der Waals surface area contributed by atoms with E-state index in [1.165, 1.54) is 11.3 Å². The van der Waals surface area contributed by atoms with Crippen LogP contribution in [-0.4, -0.2) is 18.0 Å². The van der Waals surface area contributed by atoms with Gasteiger partial charge in [0.15, 0.2) is 0 Å². The third-order valence-corrected chi connectivity index (χ3v) is 4.90. The van der Waals surface area contributed by atoms with Crippen molar-refractivity contribution in [1.29, 1.82) is 0 Å². The Labute approximate surface area is 147 Å². The second kappa shape index (κ2) is 8.26. The molecule has 2 atom stereocenters. The molecule has 3 N–H and O–H groups in total. The lowest BCUT2D eigenvalue weighted by atomic mass is 10.1. The topological polar surface area (TPSA) is 77.2 Å². The first-order chi connectivity index (χ1) is 11.4. The van der Waals surface area contributed by atoms with E-state index >= 15 is 0 Å². The molecule has 0 aliphatic heterocycles. The number of aromatic nitrogens is 1. The molecule has 0 aliphatic rings. The van der Waals surface area contributed by atoms with Crippen LogP contribution >= 0.6 is 11.3 Å². The summed E-state index contributed by atoms with van der Waals surface area (Å²) in [5.41, 5.74) is 7.90. The maximum atomic E-state index is 12.2. The summed E-state index contributed by atoms with van der Waals surface area (Å²) in [6, 6.07) is 7.53. The number of amides is 1. The van der Waals surface area contributed by atoms with Gasteiger partial charge in [-0.05, 0) is 30.5 Å². The fourth-order valence-corrected chi connectivity index (χ4v) is 3.27. The summed E-state index contributed by atoms with van der Waals surface area (Å²) in [7, 11) is 1.63. The molecular formula is C18H25N3O2S. The minimum absolute atomic E-state index is 0.0479. The molecule has 1 amide bonds. The van der Waals surface area contributed by atoms with Gasteiger partial charge in [-0.2, -0.15) is 0 Å². The zero-order valence-corrected chi connectivity index (χ0v) is 15.4. The summed E-state index contributed by atoms with van der Waals surface area (Å²) in [5, 5.41) is 5.79. The van der Waals surface area contributed by atoms with E-state index in [0.717, 1.165) is 22.0 Å². The monoisotopic (exact) mass is 347 g/mol. The number of thiazole rings is 1. The minimum Gasteiger partial charge on any atom is -0.497 e. The highest BCUT2D eigenvalue weighted by Crippen LogP contribution is 2.23. The smallest absolute Gasteiger partial charge is 0.226 e. The number of rotatable bonds is 7. The quantitative estimate of drug-likeness (QED) is 0.806. The first kappa shape index (κ1) is 18.4. The Morgan fingerprint density at radius 1 is 1.29 bits per heavy atom. The molecule has 0 spiro atoms. The van der Waals surface area contributed by atoms with E-state index in [4.69, 9.17) is 10.5 Å². The lowest BCUT2D eigenvalue weighted by Crippen LogP contribution is -2.28. The number of nitrogens with one attached hydrogen (secondary N) is 1. The molecule has 5 nitrogen and oxygen atoms in total. The molecule has 1 heterocycles. The first-order valence-electron chi connectivity index (χ1n) is 8.04. The van der Waals surface area contributed by atoms with Crippen LogP contribution in [0.25, 0.3) is 0 Å². The Bertz CT molecular complexity index is 667. The third kappa shape index (κ3) is 4.79. The van der Waals surface area contributed by atoms with Gasteiger partial charge in [0, 0.05) is 5.38 Å². The molecule has 2 aromatic rings. The second-order valence-electron chi connectivity index (χ2n) is 6.19. The molecule has 130 valence electrons. The van der Waals surface area contributed by atoms with Crippen molar-refractivity contribution in [2.24, 2.45) is 11.7 Å². The van der Waals surface area contributed by atoms with Gasteiger partial charge in [0.25, 0.3) is 0 Å². The van der Waals surface area contributed by atoms with Crippen LogP contribution < -0.4 is 15.8 Å². The van der Waals surface area contributed by atoms with Crippen molar-refractivity contribution in [2.45, 2.75) is 39.3 Å². The van der Waals surface area contributed by atoms with Gasteiger partial charge in [0.05, 0.1) is 31.3 Å². The number of ether oxygens (including phenoxy) is 1. The fraction of sp³-hybridized carbons (Fsp3) is 0.444. The average Bonchev–Trinajstić information content (AvgIpc) is 3.02. The zero-order valence-electron chi connectivity index (χ0n) is 14.6. The third-order valence-electron chi connectivity index (χ3n) is 3.91. The molecule has 1 aromatic heterocycles. The average molecular weight is 347 g/mol. The molecule has 6 heteroatoms. The minimum atomic E-state index is -0.0787. The van der Waals surface area contributed by atoms with E-state index in [-0.39, 0.29) is 24.4 Å². The van der Waals surface area contributed by atoms with Gasteiger partial charge in [-0.1, -0.05) is 26.0 Å². The van der Waals surface area contributed by atoms with E-state index in [1.54, 1.807) is 7.11 Å². The molecule has 2 unspecified atom stereocenters. The highest BCUT2D eigenvalue weighted by Gasteiger charge is 2.16. The van der Waals surface area contributed by atoms with Gasteiger partial charge in [-0.3, -0.25) is 4.79 Å². The normalized spacial score (nSPS) is 13.6. The number of hydrogen-bond acceptors (Lipinski definition) is 5. The SMILES string of the molecule is COc1ccc(C(C)NC(=O)Cc2csc(C(N)C(C)C)n2)cc1. The maximum absolute atomic E-state index is 12.2. The summed E-state index contributed by atoms with van der Waals surface area (Å²) < 4.78 is 5.14. The molecular weight excluding hydrogens is 322 g/mol. The Morgan fingerprint density at radius 2 is 1.96 bits per heavy atom. The van der Waals surface area contributed by atoms with Crippen molar-refractivity contribution >= 4 is 17.2 Å². The van der Waals surface area contributed by atoms with Crippen LogP contribution in [0.3, 0.4) is 0 Å². The summed E-state index contributed by atoms with van der Waals surface area (Å²) in [5.74, 6) is 1.08. The molecule has 1 aromatic carbocycles. The molecule has 0 radical (unpaired) electrons. The largest absolute Gasteiger partial charge is 0.497 e. The van der Waals surface area contributed by atoms with Crippen molar-refractivity contribution in [3.05, 3.63) is 45.9 Å². The van der Waals surface area contributed by atoms with Crippen molar-refractivity contribution < 1.29 is 9.53 Å². The lowest BCUT2D eigenvalue weighted by molar-refractivity contribution is -0.121. The lowest BCUT2D eigenvalue weighted by Gasteiger charge is -2.14. The fourth-order valence-electron chi connectivity index (χ4n) is 2.28. The van der Waals surface area contributed by atoms with Crippen molar-refractivity contribution in [3.8, 4) is 5.75 Å². The van der Waals surface area contributed by atoms with Crippen LogP contribution in [-0.2, 0) is 11.2 Å². The van der Waals surface area contributed by atoms with E-state index in [2.05, 4.69) is 24.1 Å². The van der Waals surface area contributed by atoms with Crippen LogP contribution in [0.15, 0.2) is 29.6 Å². The van der Waals surface area contributed by atoms with Gasteiger partial charge in [0.2, 0.25) is 5.91 Å². The van der Waals surface area contributed by atoms with E-state index in [0.29, 0.717) is 5.92 Å². The van der Waals surface area contributed by atoms with Crippen molar-refractivity contribution in [3.63, 3.8) is 0 Å². The number of nitrogens with two attached hydrogens (primary N) is 1. The Balaban J connectivity index is 1.92. The Hall–Kier alpha value is -1.92. The van der Waals surface area contributed by atoms with E-state index in [1.807, 2.05) is 36.6 Å². The maximum Gasteiger partial charge on any atom is 0.226 e. The molecule has 0 fully saturated rings. The summed E-state index contributed by atoms with van der Waals surface area (Å²) >= 11 is 1.52. The predicted octanol–water partition coefficient (Wildman–Crippen LogP) is 3.23. The zero-order chi connectivity index (χ0) is 17.7. The van der Waals surface area contributed by atoms with Gasteiger partial charge in [-0.15, -0.1) is 11.3 Å². The molecule has 0 bridgehead atoms. The standard InChI is InChI=1S/C18H25N3O2S/c1-11(2)17(19)18-21-14(10-24-18)9-16(22)20-12(3)13-5-7-15(23-4)8-6-13/h5-8,10-12,17H,9,19H2,1-4H3,(H,20,22). The summed E-state index contributed by atoms with van der Waals surface area (Å²) in [6.45, 7) is 6.09. The van der Waals surface area contributed by atoms with Crippen LogP contribution in [0, 0.1) is 5.92 Å². The highest BCUT2D eigenvalue weighted by atomic mass is 32.1. The number of hydrogen-bond donors (Lipinski definition) is 2. The predicted molar refractivity (Wildman–Crippen MR) is 97.1 cm³/mol. The Kier molecular flexibility index (Phi) is 6.34. The van der Waals surface area contributed by atoms with Crippen molar-refractivity contribution in [2.75, 3.05) is 7.11 Å². The van der Waals surface area contributed by atoms with Crippen LogP contribution in [0.5, 0.6) is 5.75 Å². The van der Waals surface area contributed by atoms with Crippen LogP contribution in [0.2, 0.25) is 0 Å². The van der Waals surface area contributed by atoms with E-state index in [9.17, 15) is 4.79 Å². The summed E-state index contributed by atoms with van der Waals surface area (Å²) in [4.78, 5) is 16.7.